The van der Waals surface area contributed by atoms with Gasteiger partial charge < -0.3 is 15.0 Å². The van der Waals surface area contributed by atoms with Crippen molar-refractivity contribution >= 4 is 17.5 Å². The van der Waals surface area contributed by atoms with E-state index in [1.165, 1.54) is 0 Å². The highest BCUT2D eigenvalue weighted by Gasteiger charge is 2.29. The molecule has 5 nitrogen and oxygen atoms in total. The molecule has 1 aromatic rings. The Balaban J connectivity index is 2.18. The quantitative estimate of drug-likeness (QED) is 0.924. The Kier molecular flexibility index (Phi) is 4.83. The summed E-state index contributed by atoms with van der Waals surface area (Å²) in [6, 6.07) is 6.98. The molecule has 1 unspecified atom stereocenters. The zero-order valence-corrected chi connectivity index (χ0v) is 12.8. The van der Waals surface area contributed by atoms with Gasteiger partial charge in [0.1, 0.15) is 11.8 Å². The molecule has 21 heavy (non-hydrogen) atoms. The number of anilines is 1. The first-order valence-electron chi connectivity index (χ1n) is 7.38. The fourth-order valence-corrected chi connectivity index (χ4v) is 2.35. The molecule has 2 amide bonds. The molecule has 0 aliphatic carbocycles. The molecule has 1 atom stereocenters. The van der Waals surface area contributed by atoms with Gasteiger partial charge in [-0.05, 0) is 44.5 Å². The smallest absolute Gasteiger partial charge is 0.249 e. The summed E-state index contributed by atoms with van der Waals surface area (Å²) < 4.78 is 5.60. The zero-order valence-electron chi connectivity index (χ0n) is 12.8. The van der Waals surface area contributed by atoms with Crippen LogP contribution in [0.25, 0.3) is 0 Å². The highest BCUT2D eigenvalue weighted by Crippen LogP contribution is 2.22. The van der Waals surface area contributed by atoms with Crippen LogP contribution in [0.4, 0.5) is 5.69 Å². The predicted octanol–water partition coefficient (Wildman–Crippen LogP) is 2.11. The monoisotopic (exact) mass is 290 g/mol. The Morgan fingerprint density at radius 2 is 1.95 bits per heavy atom. The SMILES string of the molecule is CCC1NC(=O)CCN(c2ccc(OC(C)C)cc2)C1=O. The minimum absolute atomic E-state index is 0.0547. The van der Waals surface area contributed by atoms with Crippen LogP contribution in [0.2, 0.25) is 0 Å². The lowest BCUT2D eigenvalue weighted by Crippen LogP contribution is -2.44. The van der Waals surface area contributed by atoms with Gasteiger partial charge in [0.25, 0.3) is 0 Å². The molecule has 5 heteroatoms. The van der Waals surface area contributed by atoms with E-state index < -0.39 is 6.04 Å². The lowest BCUT2D eigenvalue weighted by Gasteiger charge is -2.23. The maximum atomic E-state index is 12.5. The largest absolute Gasteiger partial charge is 0.491 e. The first kappa shape index (κ1) is 15.4. The van der Waals surface area contributed by atoms with Crippen LogP contribution in [0.15, 0.2) is 24.3 Å². The van der Waals surface area contributed by atoms with Crippen LogP contribution in [-0.4, -0.2) is 30.5 Å². The summed E-state index contributed by atoms with van der Waals surface area (Å²) in [5.41, 5.74) is 0.797. The van der Waals surface area contributed by atoms with Gasteiger partial charge in [-0.2, -0.15) is 0 Å². The van der Waals surface area contributed by atoms with E-state index in [0.717, 1.165) is 11.4 Å². The second-order valence-electron chi connectivity index (χ2n) is 5.43. The summed E-state index contributed by atoms with van der Waals surface area (Å²) >= 11 is 0. The molecular weight excluding hydrogens is 268 g/mol. The summed E-state index contributed by atoms with van der Waals surface area (Å²) in [5.74, 6) is 0.649. The normalized spacial score (nSPS) is 19.4. The Labute approximate surface area is 125 Å². The first-order chi connectivity index (χ1) is 10.0. The van der Waals surface area contributed by atoms with E-state index in [1.807, 2.05) is 45.0 Å². The molecule has 0 spiro atoms. The van der Waals surface area contributed by atoms with Gasteiger partial charge in [-0.3, -0.25) is 9.59 Å². The van der Waals surface area contributed by atoms with Gasteiger partial charge in [-0.15, -0.1) is 0 Å². The van der Waals surface area contributed by atoms with Gasteiger partial charge in [-0.1, -0.05) is 6.92 Å². The fraction of sp³-hybridized carbons (Fsp3) is 0.500. The van der Waals surface area contributed by atoms with Crippen LogP contribution in [0.3, 0.4) is 0 Å². The number of rotatable bonds is 4. The molecule has 1 aromatic carbocycles. The zero-order chi connectivity index (χ0) is 15.4. The first-order valence-corrected chi connectivity index (χ1v) is 7.38. The molecule has 0 saturated carbocycles. The molecule has 0 aromatic heterocycles. The van der Waals surface area contributed by atoms with Crippen molar-refractivity contribution in [2.75, 3.05) is 11.4 Å². The van der Waals surface area contributed by atoms with Crippen molar-refractivity contribution < 1.29 is 14.3 Å². The fourth-order valence-electron chi connectivity index (χ4n) is 2.35. The summed E-state index contributed by atoms with van der Waals surface area (Å²) in [7, 11) is 0. The van der Waals surface area contributed by atoms with Gasteiger partial charge in [-0.25, -0.2) is 0 Å². The summed E-state index contributed by atoms with van der Waals surface area (Å²) in [4.78, 5) is 25.8. The number of carbonyl (C=O) groups is 2. The third-order valence-corrected chi connectivity index (χ3v) is 3.39. The van der Waals surface area contributed by atoms with Gasteiger partial charge in [0, 0.05) is 18.7 Å². The lowest BCUT2D eigenvalue weighted by atomic mass is 10.2. The molecule has 0 radical (unpaired) electrons. The number of nitrogens with zero attached hydrogens (tertiary/aromatic N) is 1. The Morgan fingerprint density at radius 3 is 2.52 bits per heavy atom. The molecule has 1 saturated heterocycles. The molecule has 1 N–H and O–H groups in total. The van der Waals surface area contributed by atoms with E-state index in [0.29, 0.717) is 19.4 Å². The van der Waals surface area contributed by atoms with Crippen molar-refractivity contribution in [2.45, 2.75) is 45.8 Å². The predicted molar refractivity (Wildman–Crippen MR) is 81.4 cm³/mol. The number of benzene rings is 1. The maximum Gasteiger partial charge on any atom is 0.249 e. The summed E-state index contributed by atoms with van der Waals surface area (Å²) in [6.07, 6.45) is 1.03. The standard InChI is InChI=1S/C16H22N2O3/c1-4-14-16(20)18(10-9-15(19)17-14)12-5-7-13(8-6-12)21-11(2)3/h5-8,11,14H,4,9-10H2,1-3H3,(H,17,19). The Morgan fingerprint density at radius 1 is 1.29 bits per heavy atom. The van der Waals surface area contributed by atoms with Gasteiger partial charge in [0.15, 0.2) is 0 Å². The molecular formula is C16H22N2O3. The summed E-state index contributed by atoms with van der Waals surface area (Å²) in [6.45, 7) is 6.24. The van der Waals surface area contributed by atoms with Gasteiger partial charge >= 0.3 is 0 Å². The summed E-state index contributed by atoms with van der Waals surface area (Å²) in [5, 5.41) is 2.76. The third kappa shape index (κ3) is 3.74. The highest BCUT2D eigenvalue weighted by atomic mass is 16.5. The average Bonchev–Trinajstić information content (AvgIpc) is 2.59. The number of carbonyl (C=O) groups excluding carboxylic acids is 2. The van der Waals surface area contributed by atoms with E-state index >= 15 is 0 Å². The van der Waals surface area contributed by atoms with E-state index in [-0.39, 0.29) is 17.9 Å². The molecule has 1 fully saturated rings. The second-order valence-corrected chi connectivity index (χ2v) is 5.43. The molecule has 0 bridgehead atoms. The second kappa shape index (κ2) is 6.61. The van der Waals surface area contributed by atoms with Crippen LogP contribution in [0.5, 0.6) is 5.75 Å². The van der Waals surface area contributed by atoms with Gasteiger partial charge in [0.2, 0.25) is 11.8 Å². The number of nitrogens with one attached hydrogen (secondary N) is 1. The van der Waals surface area contributed by atoms with Crippen molar-refractivity contribution in [3.05, 3.63) is 24.3 Å². The van der Waals surface area contributed by atoms with Crippen molar-refractivity contribution in [3.8, 4) is 5.75 Å². The Bertz CT molecular complexity index is 511. The highest BCUT2D eigenvalue weighted by molar-refractivity contribution is 6.01. The van der Waals surface area contributed by atoms with Gasteiger partial charge in [0.05, 0.1) is 6.10 Å². The molecule has 1 aliphatic heterocycles. The molecule has 1 aliphatic rings. The minimum Gasteiger partial charge on any atom is -0.491 e. The van der Waals surface area contributed by atoms with E-state index in [1.54, 1.807) is 4.90 Å². The lowest BCUT2D eigenvalue weighted by molar-refractivity contribution is -0.125. The van der Waals surface area contributed by atoms with Crippen LogP contribution in [0, 0.1) is 0 Å². The van der Waals surface area contributed by atoms with E-state index in [4.69, 9.17) is 4.74 Å². The van der Waals surface area contributed by atoms with Crippen LogP contribution >= 0.6 is 0 Å². The van der Waals surface area contributed by atoms with E-state index in [2.05, 4.69) is 5.32 Å². The maximum absolute atomic E-state index is 12.5. The molecule has 1 heterocycles. The molecule has 2 rings (SSSR count). The topological polar surface area (TPSA) is 58.6 Å². The number of hydrogen-bond acceptors (Lipinski definition) is 3. The average molecular weight is 290 g/mol. The number of amides is 2. The molecule has 114 valence electrons. The van der Waals surface area contributed by atoms with Crippen molar-refractivity contribution in [1.29, 1.82) is 0 Å². The third-order valence-electron chi connectivity index (χ3n) is 3.39. The number of hydrogen-bond donors (Lipinski definition) is 1. The van der Waals surface area contributed by atoms with Crippen LogP contribution in [-0.2, 0) is 9.59 Å². The van der Waals surface area contributed by atoms with Crippen molar-refractivity contribution in [1.82, 2.24) is 5.32 Å². The van der Waals surface area contributed by atoms with Crippen LogP contribution < -0.4 is 15.0 Å². The minimum atomic E-state index is -0.438. The number of ether oxygens (including phenoxy) is 1. The Hall–Kier alpha value is -2.04. The van der Waals surface area contributed by atoms with Crippen molar-refractivity contribution in [3.63, 3.8) is 0 Å². The van der Waals surface area contributed by atoms with Crippen molar-refractivity contribution in [2.24, 2.45) is 0 Å². The van der Waals surface area contributed by atoms with E-state index in [9.17, 15) is 9.59 Å². The van der Waals surface area contributed by atoms with Crippen LogP contribution in [0.1, 0.15) is 33.6 Å².